The van der Waals surface area contributed by atoms with E-state index in [1.54, 1.807) is 6.07 Å². The van der Waals surface area contributed by atoms with Crippen molar-refractivity contribution < 1.29 is 4.79 Å². The Bertz CT molecular complexity index is 645. The lowest BCUT2D eigenvalue weighted by Gasteiger charge is -2.06. The molecule has 4 nitrogen and oxygen atoms in total. The molecule has 1 fully saturated rings. The highest BCUT2D eigenvalue weighted by molar-refractivity contribution is 6.33. The quantitative estimate of drug-likeness (QED) is 0.912. The second-order valence-corrected chi connectivity index (χ2v) is 5.33. The summed E-state index contributed by atoms with van der Waals surface area (Å²) in [5.41, 5.74) is 7.21. The zero-order valence-corrected chi connectivity index (χ0v) is 11.5. The number of amides is 1. The van der Waals surface area contributed by atoms with Crippen LogP contribution in [0.1, 0.15) is 28.3 Å². The number of carbonyl (C=O) groups excluding carboxylic acids is 1. The van der Waals surface area contributed by atoms with Gasteiger partial charge in [0.15, 0.2) is 0 Å². The Labute approximate surface area is 122 Å². The van der Waals surface area contributed by atoms with Crippen molar-refractivity contribution >= 4 is 23.3 Å². The van der Waals surface area contributed by atoms with Crippen molar-refractivity contribution in [3.05, 3.63) is 58.7 Å². The van der Waals surface area contributed by atoms with Gasteiger partial charge in [-0.25, -0.2) is 4.98 Å². The number of hydrogen-bond acceptors (Lipinski definition) is 3. The summed E-state index contributed by atoms with van der Waals surface area (Å²) in [5, 5.41) is 3.29. The SMILES string of the molecule is Nc1ncc(C(=O)NC2CC2c2ccccc2)cc1Cl. The Morgan fingerprint density at radius 3 is 2.80 bits per heavy atom. The van der Waals surface area contributed by atoms with E-state index < -0.39 is 0 Å². The third-order valence-electron chi connectivity index (χ3n) is 3.47. The second kappa shape index (κ2) is 5.13. The van der Waals surface area contributed by atoms with E-state index >= 15 is 0 Å². The first kappa shape index (κ1) is 12.9. The summed E-state index contributed by atoms with van der Waals surface area (Å²) in [6, 6.07) is 11.9. The number of nitrogen functional groups attached to an aromatic ring is 1. The van der Waals surface area contributed by atoms with E-state index in [2.05, 4.69) is 22.4 Å². The van der Waals surface area contributed by atoms with E-state index in [0.29, 0.717) is 16.5 Å². The fourth-order valence-corrected chi connectivity index (χ4v) is 2.41. The van der Waals surface area contributed by atoms with Gasteiger partial charge in [0.05, 0.1) is 10.6 Å². The van der Waals surface area contributed by atoms with Crippen LogP contribution in [0.25, 0.3) is 0 Å². The second-order valence-electron chi connectivity index (χ2n) is 4.92. The van der Waals surface area contributed by atoms with Crippen LogP contribution >= 0.6 is 11.6 Å². The number of anilines is 1. The van der Waals surface area contributed by atoms with Gasteiger partial charge in [-0.3, -0.25) is 4.79 Å². The molecule has 3 rings (SSSR count). The monoisotopic (exact) mass is 287 g/mol. The predicted molar refractivity (Wildman–Crippen MR) is 78.7 cm³/mol. The number of pyridine rings is 1. The lowest BCUT2D eigenvalue weighted by molar-refractivity contribution is 0.0950. The van der Waals surface area contributed by atoms with E-state index in [9.17, 15) is 4.79 Å². The number of nitrogens with one attached hydrogen (secondary N) is 1. The molecule has 20 heavy (non-hydrogen) atoms. The molecule has 1 aliphatic carbocycles. The third kappa shape index (κ3) is 2.60. The highest BCUT2D eigenvalue weighted by Crippen LogP contribution is 2.40. The van der Waals surface area contributed by atoms with Gasteiger partial charge in [-0.1, -0.05) is 41.9 Å². The number of aromatic nitrogens is 1. The van der Waals surface area contributed by atoms with Gasteiger partial charge >= 0.3 is 0 Å². The summed E-state index contributed by atoms with van der Waals surface area (Å²) in [5.74, 6) is 0.469. The van der Waals surface area contributed by atoms with Gasteiger partial charge < -0.3 is 11.1 Å². The van der Waals surface area contributed by atoms with Gasteiger partial charge in [-0.15, -0.1) is 0 Å². The van der Waals surface area contributed by atoms with Crippen LogP contribution in [0.2, 0.25) is 5.02 Å². The molecule has 2 atom stereocenters. The number of nitrogens with zero attached hydrogens (tertiary/aromatic N) is 1. The average molecular weight is 288 g/mol. The molecule has 1 saturated carbocycles. The lowest BCUT2D eigenvalue weighted by atomic mass is 10.1. The Balaban J connectivity index is 1.65. The lowest BCUT2D eigenvalue weighted by Crippen LogP contribution is -2.26. The predicted octanol–water partition coefficient (Wildman–Crippen LogP) is 2.60. The molecule has 1 aliphatic rings. The van der Waals surface area contributed by atoms with Gasteiger partial charge in [0, 0.05) is 18.2 Å². The molecular formula is C15H14ClN3O. The van der Waals surface area contributed by atoms with Gasteiger partial charge in [-0.05, 0) is 18.1 Å². The van der Waals surface area contributed by atoms with Crippen LogP contribution in [0, 0.1) is 0 Å². The Kier molecular flexibility index (Phi) is 3.32. The van der Waals surface area contributed by atoms with Crippen LogP contribution in [-0.2, 0) is 0 Å². The van der Waals surface area contributed by atoms with Gasteiger partial charge in [-0.2, -0.15) is 0 Å². The number of nitrogens with two attached hydrogens (primary N) is 1. The molecular weight excluding hydrogens is 274 g/mol. The molecule has 0 bridgehead atoms. The average Bonchev–Trinajstić information content (AvgIpc) is 3.22. The summed E-state index contributed by atoms with van der Waals surface area (Å²) < 4.78 is 0. The van der Waals surface area contributed by atoms with E-state index in [1.807, 2.05) is 18.2 Å². The third-order valence-corrected chi connectivity index (χ3v) is 3.77. The molecule has 1 heterocycles. The molecule has 0 radical (unpaired) electrons. The molecule has 1 aromatic heterocycles. The number of benzene rings is 1. The Morgan fingerprint density at radius 2 is 2.10 bits per heavy atom. The van der Waals surface area contributed by atoms with Crippen molar-refractivity contribution in [3.63, 3.8) is 0 Å². The van der Waals surface area contributed by atoms with Crippen LogP contribution in [0.3, 0.4) is 0 Å². The van der Waals surface area contributed by atoms with Gasteiger partial charge in [0.25, 0.3) is 5.91 Å². The summed E-state index contributed by atoms with van der Waals surface area (Å²) in [4.78, 5) is 16.0. The summed E-state index contributed by atoms with van der Waals surface area (Å²) in [7, 11) is 0. The van der Waals surface area contributed by atoms with Gasteiger partial charge in [0.1, 0.15) is 5.82 Å². The standard InChI is InChI=1S/C15H14ClN3O/c16-12-6-10(8-18-14(12)17)15(20)19-13-7-11(13)9-4-2-1-3-5-9/h1-6,8,11,13H,7H2,(H2,17,18)(H,19,20). The van der Waals surface area contributed by atoms with Crippen molar-refractivity contribution in [3.8, 4) is 0 Å². The van der Waals surface area contributed by atoms with Crippen molar-refractivity contribution in [1.29, 1.82) is 0 Å². The van der Waals surface area contributed by atoms with Crippen LogP contribution in [0.15, 0.2) is 42.6 Å². The molecule has 2 aromatic rings. The molecule has 102 valence electrons. The van der Waals surface area contributed by atoms with Crippen molar-refractivity contribution in [1.82, 2.24) is 10.3 Å². The maximum Gasteiger partial charge on any atom is 0.253 e. The Hall–Kier alpha value is -2.07. The van der Waals surface area contributed by atoms with E-state index in [4.69, 9.17) is 17.3 Å². The number of rotatable bonds is 3. The first-order chi connectivity index (χ1) is 9.65. The molecule has 0 saturated heterocycles. The van der Waals surface area contributed by atoms with Crippen molar-refractivity contribution in [2.75, 3.05) is 5.73 Å². The largest absolute Gasteiger partial charge is 0.382 e. The molecule has 0 aliphatic heterocycles. The highest BCUT2D eigenvalue weighted by Gasteiger charge is 2.39. The first-order valence-electron chi connectivity index (χ1n) is 6.42. The molecule has 2 unspecified atom stereocenters. The maximum atomic E-state index is 12.1. The summed E-state index contributed by atoms with van der Waals surface area (Å²) >= 11 is 5.87. The molecule has 1 amide bonds. The minimum atomic E-state index is -0.164. The zero-order chi connectivity index (χ0) is 14.1. The van der Waals surface area contributed by atoms with Crippen molar-refractivity contribution in [2.45, 2.75) is 18.4 Å². The normalized spacial score (nSPS) is 20.4. The van der Waals surface area contributed by atoms with Crippen LogP contribution < -0.4 is 11.1 Å². The van der Waals surface area contributed by atoms with Crippen LogP contribution in [0.5, 0.6) is 0 Å². The Morgan fingerprint density at radius 1 is 1.35 bits per heavy atom. The fraction of sp³-hybridized carbons (Fsp3) is 0.200. The van der Waals surface area contributed by atoms with Crippen molar-refractivity contribution in [2.24, 2.45) is 0 Å². The summed E-state index contributed by atoms with van der Waals surface area (Å²) in [6.45, 7) is 0. The minimum Gasteiger partial charge on any atom is -0.382 e. The van der Waals surface area contributed by atoms with Crippen LogP contribution in [0.4, 0.5) is 5.82 Å². The number of carbonyl (C=O) groups is 1. The van der Waals surface area contributed by atoms with Crippen LogP contribution in [-0.4, -0.2) is 16.9 Å². The zero-order valence-electron chi connectivity index (χ0n) is 10.7. The van der Waals surface area contributed by atoms with E-state index in [1.165, 1.54) is 11.8 Å². The van der Waals surface area contributed by atoms with E-state index in [0.717, 1.165) is 6.42 Å². The summed E-state index contributed by atoms with van der Waals surface area (Å²) in [6.07, 6.45) is 2.41. The highest BCUT2D eigenvalue weighted by atomic mass is 35.5. The molecule has 1 aromatic carbocycles. The van der Waals surface area contributed by atoms with Gasteiger partial charge in [0.2, 0.25) is 0 Å². The fourth-order valence-electron chi connectivity index (χ4n) is 2.25. The minimum absolute atomic E-state index is 0.164. The van der Waals surface area contributed by atoms with E-state index in [-0.39, 0.29) is 17.8 Å². The number of hydrogen-bond donors (Lipinski definition) is 2. The first-order valence-corrected chi connectivity index (χ1v) is 6.80. The number of halogens is 1. The maximum absolute atomic E-state index is 12.1. The molecule has 0 spiro atoms. The molecule has 3 N–H and O–H groups in total. The topological polar surface area (TPSA) is 68.0 Å². The molecule has 5 heteroatoms. The smallest absolute Gasteiger partial charge is 0.253 e.